The van der Waals surface area contributed by atoms with Crippen molar-refractivity contribution in [1.82, 2.24) is 4.90 Å². The Labute approximate surface area is 116 Å². The van der Waals surface area contributed by atoms with Crippen LogP contribution in [0.4, 0.5) is 0 Å². The first-order valence-corrected chi connectivity index (χ1v) is 7.71. The summed E-state index contributed by atoms with van der Waals surface area (Å²) in [6, 6.07) is 0. The van der Waals surface area contributed by atoms with Gasteiger partial charge in [-0.25, -0.2) is 0 Å². The Morgan fingerprint density at radius 3 is 2.16 bits per heavy atom. The Morgan fingerprint density at radius 2 is 1.63 bits per heavy atom. The van der Waals surface area contributed by atoms with E-state index in [9.17, 15) is 4.79 Å². The fraction of sp³-hybridized carbons (Fsp3) is 0.933. The van der Waals surface area contributed by atoms with Gasteiger partial charge in [0, 0.05) is 19.5 Å². The standard InChI is InChI=1S/C15H28N2O2/c1-11-9-17(10-12(2)19-11)15(18)7-13-3-5-14(8-16)6-4-13/h11-14H,3-10,16H2,1-2H3. The van der Waals surface area contributed by atoms with Crippen LogP contribution in [0.5, 0.6) is 0 Å². The van der Waals surface area contributed by atoms with Gasteiger partial charge < -0.3 is 15.4 Å². The molecule has 0 aromatic heterocycles. The average molecular weight is 268 g/mol. The SMILES string of the molecule is CC1CN(C(=O)CC2CCC(CN)CC2)CC(C)O1. The number of carbonyl (C=O) groups excluding carboxylic acids is 1. The van der Waals surface area contributed by atoms with Gasteiger partial charge in [0.2, 0.25) is 5.91 Å². The van der Waals surface area contributed by atoms with Gasteiger partial charge in [-0.2, -0.15) is 0 Å². The summed E-state index contributed by atoms with van der Waals surface area (Å²) in [6.45, 7) is 6.40. The van der Waals surface area contributed by atoms with Crippen LogP contribution in [-0.2, 0) is 9.53 Å². The van der Waals surface area contributed by atoms with Crippen LogP contribution in [0.3, 0.4) is 0 Å². The molecule has 110 valence electrons. The highest BCUT2D eigenvalue weighted by atomic mass is 16.5. The van der Waals surface area contributed by atoms with E-state index in [0.29, 0.717) is 17.7 Å². The lowest BCUT2D eigenvalue weighted by molar-refractivity contribution is -0.144. The van der Waals surface area contributed by atoms with Crippen LogP contribution < -0.4 is 5.73 Å². The number of rotatable bonds is 3. The molecule has 2 unspecified atom stereocenters. The molecule has 1 heterocycles. The highest BCUT2D eigenvalue weighted by Crippen LogP contribution is 2.30. The molecule has 1 aliphatic carbocycles. The lowest BCUT2D eigenvalue weighted by Crippen LogP contribution is -2.48. The minimum absolute atomic E-state index is 0.167. The van der Waals surface area contributed by atoms with Crippen molar-refractivity contribution in [2.75, 3.05) is 19.6 Å². The number of hydrogen-bond acceptors (Lipinski definition) is 3. The van der Waals surface area contributed by atoms with Crippen LogP contribution in [0.1, 0.15) is 46.0 Å². The zero-order valence-corrected chi connectivity index (χ0v) is 12.3. The maximum Gasteiger partial charge on any atom is 0.223 e. The number of carbonyl (C=O) groups is 1. The van der Waals surface area contributed by atoms with Crippen LogP contribution in [-0.4, -0.2) is 42.6 Å². The number of morpholine rings is 1. The summed E-state index contributed by atoms with van der Waals surface area (Å²) >= 11 is 0. The molecule has 0 spiro atoms. The van der Waals surface area contributed by atoms with Crippen LogP contribution in [0.25, 0.3) is 0 Å². The van der Waals surface area contributed by atoms with E-state index in [1.807, 2.05) is 18.7 Å². The Bertz CT molecular complexity index is 291. The molecule has 1 aliphatic heterocycles. The molecule has 2 rings (SSSR count). The van der Waals surface area contributed by atoms with E-state index < -0.39 is 0 Å². The molecule has 1 saturated heterocycles. The van der Waals surface area contributed by atoms with Gasteiger partial charge in [-0.05, 0) is 57.9 Å². The smallest absolute Gasteiger partial charge is 0.223 e. The summed E-state index contributed by atoms with van der Waals surface area (Å²) in [6.07, 6.45) is 5.79. The number of ether oxygens (including phenoxy) is 1. The van der Waals surface area contributed by atoms with E-state index in [0.717, 1.165) is 26.1 Å². The Hall–Kier alpha value is -0.610. The molecular formula is C15H28N2O2. The summed E-state index contributed by atoms with van der Waals surface area (Å²) in [5.41, 5.74) is 5.71. The molecule has 1 amide bonds. The van der Waals surface area contributed by atoms with E-state index in [2.05, 4.69) is 0 Å². The van der Waals surface area contributed by atoms with Crippen LogP contribution in [0.2, 0.25) is 0 Å². The number of hydrogen-bond donors (Lipinski definition) is 1. The molecule has 4 heteroatoms. The van der Waals surface area contributed by atoms with Gasteiger partial charge >= 0.3 is 0 Å². The van der Waals surface area contributed by atoms with Gasteiger partial charge in [-0.3, -0.25) is 4.79 Å². The lowest BCUT2D eigenvalue weighted by Gasteiger charge is -2.36. The number of amides is 1. The van der Waals surface area contributed by atoms with E-state index in [4.69, 9.17) is 10.5 Å². The molecule has 19 heavy (non-hydrogen) atoms. The molecule has 2 aliphatic rings. The minimum Gasteiger partial charge on any atom is -0.372 e. The second-order valence-corrected chi connectivity index (χ2v) is 6.38. The first-order chi connectivity index (χ1) is 9.08. The van der Waals surface area contributed by atoms with Gasteiger partial charge in [0.1, 0.15) is 0 Å². The van der Waals surface area contributed by atoms with Crippen molar-refractivity contribution in [3.8, 4) is 0 Å². The summed E-state index contributed by atoms with van der Waals surface area (Å²) in [7, 11) is 0. The van der Waals surface area contributed by atoms with E-state index in [1.165, 1.54) is 25.7 Å². The number of nitrogens with zero attached hydrogens (tertiary/aromatic N) is 1. The zero-order valence-electron chi connectivity index (χ0n) is 12.3. The molecule has 4 nitrogen and oxygen atoms in total. The van der Waals surface area contributed by atoms with Crippen LogP contribution in [0.15, 0.2) is 0 Å². The van der Waals surface area contributed by atoms with E-state index in [1.54, 1.807) is 0 Å². The predicted molar refractivity (Wildman–Crippen MR) is 75.7 cm³/mol. The Morgan fingerprint density at radius 1 is 1.11 bits per heavy atom. The first-order valence-electron chi connectivity index (χ1n) is 7.71. The molecule has 0 aromatic rings. The largest absolute Gasteiger partial charge is 0.372 e. The van der Waals surface area contributed by atoms with Gasteiger partial charge in [-0.15, -0.1) is 0 Å². The molecule has 2 fully saturated rings. The van der Waals surface area contributed by atoms with Crippen molar-refractivity contribution in [1.29, 1.82) is 0 Å². The van der Waals surface area contributed by atoms with E-state index in [-0.39, 0.29) is 12.2 Å². The fourth-order valence-corrected chi connectivity index (χ4v) is 3.43. The Kier molecular flexibility index (Phi) is 5.22. The quantitative estimate of drug-likeness (QED) is 0.849. The summed E-state index contributed by atoms with van der Waals surface area (Å²) in [5.74, 6) is 1.58. The summed E-state index contributed by atoms with van der Waals surface area (Å²) in [5, 5.41) is 0. The van der Waals surface area contributed by atoms with Crippen molar-refractivity contribution in [2.45, 2.75) is 58.2 Å². The second kappa shape index (κ2) is 6.71. The number of nitrogens with two attached hydrogens (primary N) is 1. The summed E-state index contributed by atoms with van der Waals surface area (Å²) < 4.78 is 5.68. The molecule has 0 bridgehead atoms. The van der Waals surface area contributed by atoms with Crippen LogP contribution in [0, 0.1) is 11.8 Å². The second-order valence-electron chi connectivity index (χ2n) is 6.38. The van der Waals surface area contributed by atoms with Crippen LogP contribution >= 0.6 is 0 Å². The maximum absolute atomic E-state index is 12.4. The minimum atomic E-state index is 0.167. The monoisotopic (exact) mass is 268 g/mol. The molecule has 0 aromatic carbocycles. The molecule has 2 atom stereocenters. The summed E-state index contributed by atoms with van der Waals surface area (Å²) in [4.78, 5) is 14.3. The van der Waals surface area contributed by atoms with Crippen molar-refractivity contribution >= 4 is 5.91 Å². The van der Waals surface area contributed by atoms with Crippen molar-refractivity contribution in [3.05, 3.63) is 0 Å². The first kappa shape index (κ1) is 14.8. The van der Waals surface area contributed by atoms with Crippen molar-refractivity contribution in [3.63, 3.8) is 0 Å². The molecule has 2 N–H and O–H groups in total. The Balaban J connectivity index is 1.78. The van der Waals surface area contributed by atoms with Crippen molar-refractivity contribution < 1.29 is 9.53 Å². The topological polar surface area (TPSA) is 55.6 Å². The van der Waals surface area contributed by atoms with Gasteiger partial charge in [0.05, 0.1) is 12.2 Å². The van der Waals surface area contributed by atoms with Gasteiger partial charge in [0.25, 0.3) is 0 Å². The molecule has 1 saturated carbocycles. The third-order valence-electron chi connectivity index (χ3n) is 4.54. The average Bonchev–Trinajstić information content (AvgIpc) is 2.38. The highest BCUT2D eigenvalue weighted by molar-refractivity contribution is 5.76. The molecule has 0 radical (unpaired) electrons. The van der Waals surface area contributed by atoms with Crippen molar-refractivity contribution in [2.24, 2.45) is 17.6 Å². The third-order valence-corrected chi connectivity index (χ3v) is 4.54. The lowest BCUT2D eigenvalue weighted by atomic mass is 9.80. The maximum atomic E-state index is 12.4. The highest BCUT2D eigenvalue weighted by Gasteiger charge is 2.28. The van der Waals surface area contributed by atoms with Gasteiger partial charge in [-0.1, -0.05) is 0 Å². The fourth-order valence-electron chi connectivity index (χ4n) is 3.43. The zero-order chi connectivity index (χ0) is 13.8. The molecular weight excluding hydrogens is 240 g/mol. The van der Waals surface area contributed by atoms with E-state index >= 15 is 0 Å². The predicted octanol–water partition coefficient (Wildman–Crippen LogP) is 1.78. The third kappa shape index (κ3) is 4.18. The van der Waals surface area contributed by atoms with Gasteiger partial charge in [0.15, 0.2) is 0 Å². The normalized spacial score (nSPS) is 36.3.